The van der Waals surface area contributed by atoms with E-state index >= 15 is 0 Å². The van der Waals surface area contributed by atoms with E-state index in [2.05, 4.69) is 0 Å². The second-order valence-corrected chi connectivity index (χ2v) is 9.79. The summed E-state index contributed by atoms with van der Waals surface area (Å²) in [5.41, 5.74) is 2.22. The number of hydrogen-bond acceptors (Lipinski definition) is 5. The van der Waals surface area contributed by atoms with E-state index in [9.17, 15) is 13.2 Å². The Morgan fingerprint density at radius 2 is 1.73 bits per heavy atom. The van der Waals surface area contributed by atoms with E-state index in [0.29, 0.717) is 23.7 Å². The molecule has 0 fully saturated rings. The van der Waals surface area contributed by atoms with Gasteiger partial charge >= 0.3 is 0 Å². The molecule has 4 rings (SSSR count). The van der Waals surface area contributed by atoms with Gasteiger partial charge in [0.05, 0.1) is 24.2 Å². The zero-order chi connectivity index (χ0) is 23.6. The van der Waals surface area contributed by atoms with Gasteiger partial charge in [0.25, 0.3) is 15.9 Å². The Morgan fingerprint density at radius 3 is 2.45 bits per heavy atom. The van der Waals surface area contributed by atoms with Gasteiger partial charge in [0.2, 0.25) is 0 Å². The first-order chi connectivity index (χ1) is 15.8. The van der Waals surface area contributed by atoms with Gasteiger partial charge in [-0.2, -0.15) is 0 Å². The minimum atomic E-state index is -3.89. The maximum absolute atomic E-state index is 13.5. The molecule has 1 atom stereocenters. The minimum absolute atomic E-state index is 0.123. The largest absolute Gasteiger partial charge is 0.496 e. The highest BCUT2D eigenvalue weighted by molar-refractivity contribution is 7.92. The number of sulfonamides is 1. The third-order valence-corrected chi connectivity index (χ3v) is 7.39. The maximum Gasteiger partial charge on any atom is 0.265 e. The summed E-state index contributed by atoms with van der Waals surface area (Å²) in [5, 5.41) is 0. The summed E-state index contributed by atoms with van der Waals surface area (Å²) in [6.45, 7) is 2.07. The Hall–Kier alpha value is -3.52. The van der Waals surface area contributed by atoms with E-state index in [-0.39, 0.29) is 17.3 Å². The second-order valence-electron chi connectivity index (χ2n) is 7.93. The number of nitrogens with zero attached hydrogens (tertiary/aromatic N) is 2. The third-order valence-electron chi connectivity index (χ3n) is 5.60. The number of aryl methyl sites for hydroxylation is 1. The first-order valence-corrected chi connectivity index (χ1v) is 12.0. The normalized spacial score (nSPS) is 15.4. The van der Waals surface area contributed by atoms with Gasteiger partial charge in [0, 0.05) is 19.2 Å². The number of rotatable bonds is 6. The molecule has 0 aromatic heterocycles. The van der Waals surface area contributed by atoms with Crippen LogP contribution in [0.15, 0.2) is 77.7 Å². The van der Waals surface area contributed by atoms with Crippen molar-refractivity contribution in [3.63, 3.8) is 0 Å². The lowest BCUT2D eigenvalue weighted by molar-refractivity contribution is -0.137. The van der Waals surface area contributed by atoms with Gasteiger partial charge in [-0.15, -0.1) is 0 Å². The average molecular weight is 467 g/mol. The van der Waals surface area contributed by atoms with Crippen molar-refractivity contribution in [3.8, 4) is 11.5 Å². The summed E-state index contributed by atoms with van der Waals surface area (Å²) < 4.78 is 39.6. The smallest absolute Gasteiger partial charge is 0.265 e. The van der Waals surface area contributed by atoms with Crippen LogP contribution in [0.3, 0.4) is 0 Å². The molecule has 1 aliphatic heterocycles. The Kier molecular flexibility index (Phi) is 6.29. The van der Waals surface area contributed by atoms with Gasteiger partial charge in [-0.25, -0.2) is 8.42 Å². The molecule has 0 spiro atoms. The fraction of sp³-hybridized carbons (Fsp3) is 0.240. The summed E-state index contributed by atoms with van der Waals surface area (Å²) in [4.78, 5) is 15.0. The molecule has 3 aromatic rings. The van der Waals surface area contributed by atoms with E-state index in [1.165, 1.54) is 9.21 Å². The van der Waals surface area contributed by atoms with Gasteiger partial charge in [0.15, 0.2) is 6.10 Å². The van der Waals surface area contributed by atoms with Crippen LogP contribution < -0.4 is 13.8 Å². The first kappa shape index (κ1) is 22.7. The molecular formula is C25H26N2O5S. The number of carbonyl (C=O) groups excluding carboxylic acids is 1. The molecule has 1 aliphatic rings. The first-order valence-electron chi connectivity index (χ1n) is 10.5. The summed E-state index contributed by atoms with van der Waals surface area (Å²) in [5.74, 6) is 0.707. The van der Waals surface area contributed by atoms with Crippen LogP contribution in [0.4, 0.5) is 5.69 Å². The Labute approximate surface area is 194 Å². The van der Waals surface area contributed by atoms with Crippen LogP contribution in [-0.4, -0.2) is 46.0 Å². The molecule has 1 amide bonds. The van der Waals surface area contributed by atoms with Crippen molar-refractivity contribution in [2.75, 3.05) is 25.0 Å². The van der Waals surface area contributed by atoms with Crippen LogP contribution >= 0.6 is 0 Å². The molecule has 0 saturated heterocycles. The molecular weight excluding hydrogens is 440 g/mol. The zero-order valence-electron chi connectivity index (χ0n) is 18.8. The van der Waals surface area contributed by atoms with Crippen molar-refractivity contribution in [1.29, 1.82) is 0 Å². The van der Waals surface area contributed by atoms with Gasteiger partial charge in [-0.05, 0) is 37.3 Å². The number of methoxy groups -OCH3 is 1. The Balaban J connectivity index is 1.63. The van der Waals surface area contributed by atoms with E-state index in [1.54, 1.807) is 62.7 Å². The summed E-state index contributed by atoms with van der Waals surface area (Å²) in [7, 11) is -0.648. The van der Waals surface area contributed by atoms with E-state index in [1.807, 2.05) is 31.2 Å². The van der Waals surface area contributed by atoms with Gasteiger partial charge in [-0.3, -0.25) is 9.10 Å². The fourth-order valence-corrected chi connectivity index (χ4v) is 5.28. The number of ether oxygens (including phenoxy) is 2. The maximum atomic E-state index is 13.5. The van der Waals surface area contributed by atoms with Crippen LogP contribution in [0, 0.1) is 6.92 Å². The highest BCUT2D eigenvalue weighted by Gasteiger charge is 2.38. The van der Waals surface area contributed by atoms with Gasteiger partial charge in [0.1, 0.15) is 11.5 Å². The molecule has 33 heavy (non-hydrogen) atoms. The zero-order valence-corrected chi connectivity index (χ0v) is 19.6. The van der Waals surface area contributed by atoms with Crippen LogP contribution in [-0.2, 0) is 21.4 Å². The van der Waals surface area contributed by atoms with Crippen molar-refractivity contribution in [3.05, 3.63) is 83.9 Å². The summed E-state index contributed by atoms with van der Waals surface area (Å²) in [6, 6.07) is 21.0. The van der Waals surface area contributed by atoms with Gasteiger partial charge < -0.3 is 14.4 Å². The monoisotopic (exact) mass is 466 g/mol. The number of hydrogen-bond donors (Lipinski definition) is 0. The SMILES string of the molecule is COc1ccccc1CN(C)C(=O)[C@H]1CN(S(=O)(=O)c2ccc(C)cc2)c2ccccc2O1. The molecule has 172 valence electrons. The van der Waals surface area contributed by atoms with Crippen molar-refractivity contribution >= 4 is 21.6 Å². The predicted octanol–water partition coefficient (Wildman–Crippen LogP) is 3.62. The van der Waals surface area contributed by atoms with E-state index in [4.69, 9.17) is 9.47 Å². The van der Waals surface area contributed by atoms with E-state index in [0.717, 1.165) is 11.1 Å². The molecule has 0 N–H and O–H groups in total. The molecule has 0 unspecified atom stereocenters. The molecule has 0 saturated carbocycles. The number of amides is 1. The predicted molar refractivity (Wildman–Crippen MR) is 126 cm³/mol. The number of fused-ring (bicyclic) bond motifs is 1. The standard InChI is InChI=1S/C25H26N2O5S/c1-18-12-14-20(15-13-18)33(29,30)27-17-24(32-23-11-7-5-9-21(23)27)25(28)26(2)16-19-8-4-6-10-22(19)31-3/h4-15,24H,16-17H2,1-3H3/t24-/m1/s1. The lowest BCUT2D eigenvalue weighted by Crippen LogP contribution is -2.50. The Morgan fingerprint density at radius 1 is 1.06 bits per heavy atom. The number of likely N-dealkylation sites (N-methyl/N-ethyl adjacent to an activating group) is 1. The minimum Gasteiger partial charge on any atom is -0.496 e. The Bertz CT molecular complexity index is 1260. The topological polar surface area (TPSA) is 76.2 Å². The second kappa shape index (κ2) is 9.15. The van der Waals surface area contributed by atoms with Crippen LogP contribution in [0.2, 0.25) is 0 Å². The molecule has 0 radical (unpaired) electrons. The average Bonchev–Trinajstić information content (AvgIpc) is 2.83. The van der Waals surface area contributed by atoms with Crippen molar-refractivity contribution < 1.29 is 22.7 Å². The van der Waals surface area contributed by atoms with E-state index < -0.39 is 16.1 Å². The molecule has 7 nitrogen and oxygen atoms in total. The number of benzene rings is 3. The van der Waals surface area contributed by atoms with Crippen molar-refractivity contribution in [2.45, 2.75) is 24.5 Å². The quantitative estimate of drug-likeness (QED) is 0.555. The molecule has 0 aliphatic carbocycles. The third kappa shape index (κ3) is 4.52. The summed E-state index contributed by atoms with van der Waals surface area (Å²) in [6.07, 6.45) is -0.986. The fourth-order valence-electron chi connectivity index (χ4n) is 3.81. The summed E-state index contributed by atoms with van der Waals surface area (Å²) >= 11 is 0. The highest BCUT2D eigenvalue weighted by Crippen LogP contribution is 2.37. The molecule has 0 bridgehead atoms. The lowest BCUT2D eigenvalue weighted by Gasteiger charge is -2.36. The van der Waals surface area contributed by atoms with Crippen LogP contribution in [0.5, 0.6) is 11.5 Å². The number of para-hydroxylation sites is 3. The van der Waals surface area contributed by atoms with Crippen LogP contribution in [0.1, 0.15) is 11.1 Å². The van der Waals surface area contributed by atoms with Crippen molar-refractivity contribution in [1.82, 2.24) is 4.90 Å². The lowest BCUT2D eigenvalue weighted by atomic mass is 10.1. The molecule has 1 heterocycles. The number of carbonyl (C=O) groups is 1. The van der Waals surface area contributed by atoms with Crippen molar-refractivity contribution in [2.24, 2.45) is 0 Å². The number of anilines is 1. The molecule has 3 aromatic carbocycles. The highest BCUT2D eigenvalue weighted by atomic mass is 32.2. The van der Waals surface area contributed by atoms with Crippen LogP contribution in [0.25, 0.3) is 0 Å². The molecule has 8 heteroatoms. The van der Waals surface area contributed by atoms with Gasteiger partial charge in [-0.1, -0.05) is 48.0 Å².